The molecule has 2 atom stereocenters. The number of nitrogens with two attached hydrogens (primary N) is 1. The third-order valence-electron chi connectivity index (χ3n) is 4.26. The number of hydrogen-bond acceptors (Lipinski definition) is 4. The maximum absolute atomic E-state index is 12.4. The Balaban J connectivity index is 1.95. The lowest BCUT2D eigenvalue weighted by Crippen LogP contribution is -2.34. The Labute approximate surface area is 135 Å². The van der Waals surface area contributed by atoms with Crippen LogP contribution in [0.1, 0.15) is 25.3 Å². The van der Waals surface area contributed by atoms with Crippen LogP contribution in [0.25, 0.3) is 0 Å². The van der Waals surface area contributed by atoms with E-state index in [0.29, 0.717) is 32.4 Å². The molecule has 0 spiro atoms. The molecule has 0 bridgehead atoms. The van der Waals surface area contributed by atoms with E-state index in [1.807, 2.05) is 24.3 Å². The first-order valence-electron chi connectivity index (χ1n) is 7.76. The minimum Gasteiger partial charge on any atom is -0.491 e. The van der Waals surface area contributed by atoms with Gasteiger partial charge in [0.2, 0.25) is 11.8 Å². The minimum atomic E-state index is -0.562. The summed E-state index contributed by atoms with van der Waals surface area (Å²) in [5.74, 6) is -0.850. The summed E-state index contributed by atoms with van der Waals surface area (Å²) in [6.07, 6.45) is 1.25. The van der Waals surface area contributed by atoms with E-state index < -0.39 is 17.7 Å². The Morgan fingerprint density at radius 2 is 2.13 bits per heavy atom. The average Bonchev–Trinajstić information content (AvgIpc) is 2.77. The molecule has 1 unspecified atom stereocenters. The summed E-state index contributed by atoms with van der Waals surface area (Å²) >= 11 is 0. The zero-order chi connectivity index (χ0) is 16.8. The molecular formula is C17H22N2O4. The molecule has 0 aromatic heterocycles. The van der Waals surface area contributed by atoms with Crippen molar-refractivity contribution in [2.24, 2.45) is 17.6 Å². The minimum absolute atomic E-state index is 0.0474. The summed E-state index contributed by atoms with van der Waals surface area (Å²) in [5.41, 5.74) is 6.19. The second-order valence-electron chi connectivity index (χ2n) is 5.80. The molecule has 1 aliphatic heterocycles. The monoisotopic (exact) mass is 318 g/mol. The predicted octanol–water partition coefficient (Wildman–Crippen LogP) is 1.12. The second-order valence-corrected chi connectivity index (χ2v) is 5.80. The SMILES string of the molecule is CC(C(N)=O)[C@@H](C=O)CCC(=O)N1CCOc2ccccc2C1. The van der Waals surface area contributed by atoms with Gasteiger partial charge in [-0.1, -0.05) is 25.1 Å². The van der Waals surface area contributed by atoms with Crippen LogP contribution in [0.4, 0.5) is 0 Å². The number of ether oxygens (including phenoxy) is 1. The zero-order valence-corrected chi connectivity index (χ0v) is 13.2. The van der Waals surface area contributed by atoms with Crippen molar-refractivity contribution in [3.05, 3.63) is 29.8 Å². The summed E-state index contributed by atoms with van der Waals surface area (Å²) in [5, 5.41) is 0. The Morgan fingerprint density at radius 1 is 1.39 bits per heavy atom. The van der Waals surface area contributed by atoms with Crippen molar-refractivity contribution >= 4 is 18.1 Å². The molecule has 0 fully saturated rings. The smallest absolute Gasteiger partial charge is 0.223 e. The largest absolute Gasteiger partial charge is 0.491 e. The number of rotatable bonds is 6. The third-order valence-corrected chi connectivity index (χ3v) is 4.26. The lowest BCUT2D eigenvalue weighted by atomic mass is 9.90. The number of carbonyl (C=O) groups is 3. The zero-order valence-electron chi connectivity index (χ0n) is 13.2. The maximum atomic E-state index is 12.4. The van der Waals surface area contributed by atoms with Gasteiger partial charge in [-0.05, 0) is 12.5 Å². The number of nitrogens with zero attached hydrogens (tertiary/aromatic N) is 1. The van der Waals surface area contributed by atoms with Crippen molar-refractivity contribution in [2.75, 3.05) is 13.2 Å². The first-order chi connectivity index (χ1) is 11.0. The molecule has 23 heavy (non-hydrogen) atoms. The van der Waals surface area contributed by atoms with Crippen LogP contribution in [0.5, 0.6) is 5.75 Å². The van der Waals surface area contributed by atoms with E-state index in [2.05, 4.69) is 0 Å². The van der Waals surface area contributed by atoms with Gasteiger partial charge in [0, 0.05) is 30.4 Å². The summed E-state index contributed by atoms with van der Waals surface area (Å²) in [4.78, 5) is 36.4. The fourth-order valence-corrected chi connectivity index (χ4v) is 2.63. The van der Waals surface area contributed by atoms with Gasteiger partial charge in [-0.3, -0.25) is 9.59 Å². The lowest BCUT2D eigenvalue weighted by Gasteiger charge is -2.21. The number of benzene rings is 1. The van der Waals surface area contributed by atoms with E-state index in [1.54, 1.807) is 11.8 Å². The van der Waals surface area contributed by atoms with Gasteiger partial charge in [0.25, 0.3) is 0 Å². The predicted molar refractivity (Wildman–Crippen MR) is 84.5 cm³/mol. The fourth-order valence-electron chi connectivity index (χ4n) is 2.63. The Morgan fingerprint density at radius 3 is 2.83 bits per heavy atom. The number of fused-ring (bicyclic) bond motifs is 1. The standard InChI is InChI=1S/C17H22N2O4/c1-12(17(18)22)14(11-20)6-7-16(21)19-8-9-23-15-5-3-2-4-13(15)10-19/h2-5,11-12,14H,6-10H2,1H3,(H2,18,22)/t12?,14-/m1/s1. The maximum Gasteiger partial charge on any atom is 0.223 e. The number of para-hydroxylation sites is 1. The summed E-state index contributed by atoms with van der Waals surface area (Å²) in [7, 11) is 0. The Hall–Kier alpha value is -2.37. The average molecular weight is 318 g/mol. The highest BCUT2D eigenvalue weighted by atomic mass is 16.5. The van der Waals surface area contributed by atoms with Crippen LogP contribution in [0.2, 0.25) is 0 Å². The Kier molecular flexibility index (Phi) is 5.73. The van der Waals surface area contributed by atoms with Crippen LogP contribution in [0.15, 0.2) is 24.3 Å². The van der Waals surface area contributed by atoms with Gasteiger partial charge < -0.3 is 20.2 Å². The summed E-state index contributed by atoms with van der Waals surface area (Å²) in [6, 6.07) is 7.63. The molecule has 0 saturated carbocycles. The van der Waals surface area contributed by atoms with Crippen molar-refractivity contribution in [1.82, 2.24) is 4.90 Å². The molecule has 1 aromatic rings. The molecule has 6 nitrogen and oxygen atoms in total. The van der Waals surface area contributed by atoms with Gasteiger partial charge in [0.1, 0.15) is 18.6 Å². The molecule has 0 saturated heterocycles. The first-order valence-corrected chi connectivity index (χ1v) is 7.76. The first kappa shape index (κ1) is 17.0. The van der Waals surface area contributed by atoms with Crippen LogP contribution in [0, 0.1) is 11.8 Å². The second kappa shape index (κ2) is 7.76. The van der Waals surface area contributed by atoms with E-state index in [1.165, 1.54) is 0 Å². The van der Waals surface area contributed by atoms with Crippen LogP contribution < -0.4 is 10.5 Å². The van der Waals surface area contributed by atoms with Crippen molar-refractivity contribution in [3.63, 3.8) is 0 Å². The summed E-state index contributed by atoms with van der Waals surface area (Å²) < 4.78 is 5.63. The number of amides is 2. The number of hydrogen-bond donors (Lipinski definition) is 1. The molecule has 2 amide bonds. The van der Waals surface area contributed by atoms with Crippen LogP contribution in [-0.2, 0) is 20.9 Å². The lowest BCUT2D eigenvalue weighted by molar-refractivity contribution is -0.133. The molecule has 124 valence electrons. The molecule has 1 aliphatic rings. The fraction of sp³-hybridized carbons (Fsp3) is 0.471. The highest BCUT2D eigenvalue weighted by molar-refractivity contribution is 5.80. The van der Waals surface area contributed by atoms with Crippen LogP contribution in [-0.4, -0.2) is 36.2 Å². The van der Waals surface area contributed by atoms with Crippen molar-refractivity contribution < 1.29 is 19.1 Å². The molecule has 1 heterocycles. The highest BCUT2D eigenvalue weighted by Crippen LogP contribution is 2.23. The van der Waals surface area contributed by atoms with Crippen LogP contribution >= 0.6 is 0 Å². The van der Waals surface area contributed by atoms with Crippen LogP contribution in [0.3, 0.4) is 0 Å². The topological polar surface area (TPSA) is 89.7 Å². The van der Waals surface area contributed by atoms with Gasteiger partial charge in [0.05, 0.1) is 6.54 Å². The van der Waals surface area contributed by atoms with E-state index in [-0.39, 0.29) is 12.3 Å². The van der Waals surface area contributed by atoms with Gasteiger partial charge in [0.15, 0.2) is 0 Å². The van der Waals surface area contributed by atoms with Crippen molar-refractivity contribution in [2.45, 2.75) is 26.3 Å². The van der Waals surface area contributed by atoms with Gasteiger partial charge in [-0.15, -0.1) is 0 Å². The highest BCUT2D eigenvalue weighted by Gasteiger charge is 2.24. The molecule has 2 rings (SSSR count). The van der Waals surface area contributed by atoms with Crippen molar-refractivity contribution in [3.8, 4) is 5.75 Å². The van der Waals surface area contributed by atoms with Gasteiger partial charge >= 0.3 is 0 Å². The van der Waals surface area contributed by atoms with Gasteiger partial charge in [-0.25, -0.2) is 0 Å². The quantitative estimate of drug-likeness (QED) is 0.796. The number of aldehydes is 1. The van der Waals surface area contributed by atoms with Gasteiger partial charge in [-0.2, -0.15) is 0 Å². The normalized spacial score (nSPS) is 16.5. The van der Waals surface area contributed by atoms with Crippen molar-refractivity contribution in [1.29, 1.82) is 0 Å². The molecule has 6 heteroatoms. The summed E-state index contributed by atoms with van der Waals surface area (Å²) in [6.45, 7) is 3.05. The Bertz CT molecular complexity index is 588. The number of carbonyl (C=O) groups excluding carboxylic acids is 3. The third kappa shape index (κ3) is 4.31. The van der Waals surface area contributed by atoms with E-state index in [0.717, 1.165) is 11.3 Å². The molecule has 1 aromatic carbocycles. The molecule has 0 aliphatic carbocycles. The molecule has 2 N–H and O–H groups in total. The van der Waals surface area contributed by atoms with E-state index in [4.69, 9.17) is 10.5 Å². The molecular weight excluding hydrogens is 296 g/mol. The van der Waals surface area contributed by atoms with E-state index >= 15 is 0 Å². The van der Waals surface area contributed by atoms with E-state index in [9.17, 15) is 14.4 Å². The molecule has 0 radical (unpaired) electrons. The number of primary amides is 1.